The number of H-pyrrole nitrogens is 1. The summed E-state index contributed by atoms with van der Waals surface area (Å²) < 4.78 is 0. The lowest BCUT2D eigenvalue weighted by molar-refractivity contribution is -0.141. The zero-order chi connectivity index (χ0) is 20.9. The van der Waals surface area contributed by atoms with Crippen molar-refractivity contribution < 1.29 is 9.59 Å². The molecule has 2 amide bonds. The standard InChI is InChI=1S/C23H22N4O3/c28-20-13-12-19(25-26-20)17-9-6-10-18(15-17)24-23(30)22(16-7-2-1-3-8-16)27-14-5-4-11-21(27)29/h1-3,6-10,12-13,15,22H,4-5,11,14H2,(H,24,30)(H,26,28). The van der Waals surface area contributed by atoms with Gasteiger partial charge >= 0.3 is 0 Å². The van der Waals surface area contributed by atoms with Crippen LogP contribution in [0.25, 0.3) is 11.3 Å². The Morgan fingerprint density at radius 2 is 1.83 bits per heavy atom. The summed E-state index contributed by atoms with van der Waals surface area (Å²) in [6.07, 6.45) is 2.20. The molecule has 1 aliphatic rings. The fraction of sp³-hybridized carbons (Fsp3) is 0.217. The van der Waals surface area contributed by atoms with Crippen molar-refractivity contribution in [3.8, 4) is 11.3 Å². The van der Waals surface area contributed by atoms with Crippen molar-refractivity contribution in [2.24, 2.45) is 0 Å². The van der Waals surface area contributed by atoms with E-state index in [1.807, 2.05) is 36.4 Å². The topological polar surface area (TPSA) is 95.2 Å². The summed E-state index contributed by atoms with van der Waals surface area (Å²) in [6, 6.07) is 18.9. The summed E-state index contributed by atoms with van der Waals surface area (Å²) in [4.78, 5) is 38.7. The van der Waals surface area contributed by atoms with Gasteiger partial charge in [0.1, 0.15) is 6.04 Å². The third-order valence-electron chi connectivity index (χ3n) is 5.14. The molecular weight excluding hydrogens is 380 g/mol. The number of carbonyl (C=O) groups is 2. The van der Waals surface area contributed by atoms with Crippen LogP contribution in [0.3, 0.4) is 0 Å². The van der Waals surface area contributed by atoms with E-state index in [1.54, 1.807) is 29.2 Å². The molecule has 0 spiro atoms. The van der Waals surface area contributed by atoms with Crippen molar-refractivity contribution in [2.45, 2.75) is 25.3 Å². The Hall–Kier alpha value is -3.74. The Morgan fingerprint density at radius 3 is 2.57 bits per heavy atom. The van der Waals surface area contributed by atoms with E-state index in [0.29, 0.717) is 24.3 Å². The van der Waals surface area contributed by atoms with Crippen molar-refractivity contribution in [2.75, 3.05) is 11.9 Å². The first-order chi connectivity index (χ1) is 14.6. The molecule has 7 nitrogen and oxygen atoms in total. The van der Waals surface area contributed by atoms with Crippen molar-refractivity contribution in [3.05, 3.63) is 82.6 Å². The summed E-state index contributed by atoms with van der Waals surface area (Å²) >= 11 is 0. The van der Waals surface area contributed by atoms with Gasteiger partial charge in [0.15, 0.2) is 0 Å². The van der Waals surface area contributed by atoms with Crippen LogP contribution in [-0.2, 0) is 9.59 Å². The summed E-state index contributed by atoms with van der Waals surface area (Å²) in [5.74, 6) is -0.264. The highest BCUT2D eigenvalue weighted by molar-refractivity contribution is 5.98. The van der Waals surface area contributed by atoms with Crippen LogP contribution in [0, 0.1) is 0 Å². The van der Waals surface area contributed by atoms with Gasteiger partial charge in [-0.05, 0) is 36.6 Å². The number of aromatic amines is 1. The summed E-state index contributed by atoms with van der Waals surface area (Å²) in [7, 11) is 0. The summed E-state index contributed by atoms with van der Waals surface area (Å²) in [5.41, 5.74) is 2.45. The van der Waals surface area contributed by atoms with Gasteiger partial charge in [-0.2, -0.15) is 5.10 Å². The molecule has 0 bridgehead atoms. The van der Waals surface area contributed by atoms with Crippen molar-refractivity contribution in [3.63, 3.8) is 0 Å². The van der Waals surface area contributed by atoms with Crippen LogP contribution in [-0.4, -0.2) is 33.5 Å². The summed E-state index contributed by atoms with van der Waals surface area (Å²) in [5, 5.41) is 9.39. The minimum atomic E-state index is -0.686. The highest BCUT2D eigenvalue weighted by Crippen LogP contribution is 2.28. The Bertz CT molecular complexity index is 1090. The number of rotatable bonds is 5. The molecule has 0 aliphatic carbocycles. The average molecular weight is 402 g/mol. The molecule has 1 unspecified atom stereocenters. The third-order valence-corrected chi connectivity index (χ3v) is 5.14. The molecule has 2 heterocycles. The number of nitrogens with zero attached hydrogens (tertiary/aromatic N) is 2. The number of hydrogen-bond acceptors (Lipinski definition) is 4. The molecule has 152 valence electrons. The largest absolute Gasteiger partial charge is 0.327 e. The Kier molecular flexibility index (Phi) is 5.70. The first-order valence-corrected chi connectivity index (χ1v) is 9.93. The second-order valence-corrected chi connectivity index (χ2v) is 7.23. The van der Waals surface area contributed by atoms with Gasteiger partial charge in [-0.25, -0.2) is 5.10 Å². The molecule has 1 aliphatic heterocycles. The van der Waals surface area contributed by atoms with Crippen LogP contribution in [0.15, 0.2) is 71.5 Å². The number of benzene rings is 2. The van der Waals surface area contributed by atoms with E-state index in [9.17, 15) is 14.4 Å². The maximum absolute atomic E-state index is 13.3. The van der Waals surface area contributed by atoms with Crippen molar-refractivity contribution in [1.29, 1.82) is 0 Å². The minimum absolute atomic E-state index is 0.00329. The smallest absolute Gasteiger partial charge is 0.264 e. The molecule has 7 heteroatoms. The Morgan fingerprint density at radius 1 is 1.00 bits per heavy atom. The number of nitrogens with one attached hydrogen (secondary N) is 2. The van der Waals surface area contributed by atoms with Crippen LogP contribution in [0.1, 0.15) is 30.9 Å². The molecule has 0 radical (unpaired) electrons. The van der Waals surface area contributed by atoms with Crippen molar-refractivity contribution in [1.82, 2.24) is 15.1 Å². The van der Waals surface area contributed by atoms with E-state index in [2.05, 4.69) is 15.5 Å². The molecule has 0 saturated carbocycles. The molecule has 1 saturated heterocycles. The molecule has 4 rings (SSSR count). The fourth-order valence-corrected chi connectivity index (χ4v) is 3.68. The number of likely N-dealkylation sites (tertiary alicyclic amines) is 1. The molecule has 1 fully saturated rings. The number of piperidine rings is 1. The molecule has 30 heavy (non-hydrogen) atoms. The van der Waals surface area contributed by atoms with Gasteiger partial charge in [0.05, 0.1) is 5.69 Å². The highest BCUT2D eigenvalue weighted by Gasteiger charge is 2.32. The van der Waals surface area contributed by atoms with Gasteiger partial charge in [-0.15, -0.1) is 0 Å². The van der Waals surface area contributed by atoms with Crippen LogP contribution < -0.4 is 10.9 Å². The molecular formula is C23H22N4O3. The van der Waals surface area contributed by atoms with E-state index in [0.717, 1.165) is 24.0 Å². The van der Waals surface area contributed by atoms with Gasteiger partial charge in [0.25, 0.3) is 11.5 Å². The van der Waals surface area contributed by atoms with Gasteiger partial charge in [-0.1, -0.05) is 42.5 Å². The first kappa shape index (κ1) is 19.6. The van der Waals surface area contributed by atoms with Gasteiger partial charge < -0.3 is 10.2 Å². The lowest BCUT2D eigenvalue weighted by atomic mass is 10.00. The average Bonchev–Trinajstić information content (AvgIpc) is 2.77. The van der Waals surface area contributed by atoms with E-state index in [-0.39, 0.29) is 17.4 Å². The van der Waals surface area contributed by atoms with E-state index in [4.69, 9.17) is 0 Å². The van der Waals surface area contributed by atoms with Gasteiger partial charge in [-0.3, -0.25) is 14.4 Å². The Labute approximate surface area is 173 Å². The predicted molar refractivity (Wildman–Crippen MR) is 114 cm³/mol. The molecule has 2 aromatic carbocycles. The number of carbonyl (C=O) groups excluding carboxylic acids is 2. The quantitative estimate of drug-likeness (QED) is 0.685. The third kappa shape index (κ3) is 4.30. The number of hydrogen-bond donors (Lipinski definition) is 2. The molecule has 3 aromatic rings. The normalized spacial score (nSPS) is 14.9. The van der Waals surface area contributed by atoms with Crippen LogP contribution >= 0.6 is 0 Å². The molecule has 2 N–H and O–H groups in total. The molecule has 1 atom stereocenters. The fourth-order valence-electron chi connectivity index (χ4n) is 3.68. The van der Waals surface area contributed by atoms with E-state index < -0.39 is 6.04 Å². The number of aromatic nitrogens is 2. The van der Waals surface area contributed by atoms with Gasteiger partial charge in [0, 0.05) is 30.3 Å². The predicted octanol–water partition coefficient (Wildman–Crippen LogP) is 3.13. The SMILES string of the molecule is O=C(Nc1cccc(-c2ccc(=O)[nH]n2)c1)C(c1ccccc1)N1CCCCC1=O. The van der Waals surface area contributed by atoms with Crippen LogP contribution in [0.4, 0.5) is 5.69 Å². The second-order valence-electron chi connectivity index (χ2n) is 7.23. The minimum Gasteiger partial charge on any atom is -0.327 e. The van der Waals surface area contributed by atoms with Crippen LogP contribution in [0.2, 0.25) is 0 Å². The monoisotopic (exact) mass is 402 g/mol. The lowest BCUT2D eigenvalue weighted by Gasteiger charge is -2.34. The lowest BCUT2D eigenvalue weighted by Crippen LogP contribution is -2.43. The maximum atomic E-state index is 13.3. The molecule has 1 aromatic heterocycles. The van der Waals surface area contributed by atoms with E-state index >= 15 is 0 Å². The summed E-state index contributed by atoms with van der Waals surface area (Å²) in [6.45, 7) is 0.563. The number of anilines is 1. The van der Waals surface area contributed by atoms with Gasteiger partial charge in [0.2, 0.25) is 5.91 Å². The Balaban J connectivity index is 1.61. The second kappa shape index (κ2) is 8.73. The number of amides is 2. The van der Waals surface area contributed by atoms with E-state index in [1.165, 1.54) is 6.07 Å². The van der Waals surface area contributed by atoms with Crippen LogP contribution in [0.5, 0.6) is 0 Å². The highest BCUT2D eigenvalue weighted by atomic mass is 16.2. The first-order valence-electron chi connectivity index (χ1n) is 9.93. The zero-order valence-corrected chi connectivity index (χ0v) is 16.4. The maximum Gasteiger partial charge on any atom is 0.264 e. The van der Waals surface area contributed by atoms with Crippen molar-refractivity contribution >= 4 is 17.5 Å². The zero-order valence-electron chi connectivity index (χ0n) is 16.4.